The number of amides is 1. The highest BCUT2D eigenvalue weighted by atomic mass is 16.5. The minimum atomic E-state index is -0.487. The van der Waals surface area contributed by atoms with E-state index in [1.807, 2.05) is 66.4 Å². The van der Waals surface area contributed by atoms with Crippen molar-refractivity contribution in [2.45, 2.75) is 52.1 Å². The standard InChI is InChI=1S/C26H28N2O3/c1-17-10-9-11-18(2)28(17)23(29)16-31-26(30)24-19(3)25(20-12-5-4-6-13-20)27-22-15-8-7-14-21(22)24/h4-8,12-15,17-18H,9-11,16H2,1-3H3. The number of benzene rings is 2. The van der Waals surface area contributed by atoms with Crippen molar-refractivity contribution in [2.24, 2.45) is 0 Å². The third-order valence-electron chi connectivity index (χ3n) is 6.20. The van der Waals surface area contributed by atoms with E-state index < -0.39 is 5.97 Å². The van der Waals surface area contributed by atoms with E-state index in [-0.39, 0.29) is 24.6 Å². The van der Waals surface area contributed by atoms with Gasteiger partial charge in [-0.15, -0.1) is 0 Å². The third-order valence-corrected chi connectivity index (χ3v) is 6.20. The highest BCUT2D eigenvalue weighted by molar-refractivity contribution is 6.06. The molecule has 2 unspecified atom stereocenters. The maximum Gasteiger partial charge on any atom is 0.339 e. The van der Waals surface area contributed by atoms with Gasteiger partial charge in [-0.25, -0.2) is 9.78 Å². The molecule has 0 saturated carbocycles. The first-order chi connectivity index (χ1) is 15.0. The summed E-state index contributed by atoms with van der Waals surface area (Å²) in [4.78, 5) is 32.7. The average molecular weight is 417 g/mol. The zero-order valence-corrected chi connectivity index (χ0v) is 18.3. The number of rotatable bonds is 4. The van der Waals surface area contributed by atoms with Crippen LogP contribution in [-0.4, -0.2) is 40.5 Å². The molecule has 2 heterocycles. The quantitative estimate of drug-likeness (QED) is 0.552. The normalized spacial score (nSPS) is 18.7. The zero-order valence-electron chi connectivity index (χ0n) is 18.3. The van der Waals surface area contributed by atoms with E-state index in [0.29, 0.717) is 5.56 Å². The molecular weight excluding hydrogens is 388 g/mol. The summed E-state index contributed by atoms with van der Waals surface area (Å²) in [5.41, 5.74) is 3.63. The summed E-state index contributed by atoms with van der Waals surface area (Å²) in [6.45, 7) is 5.75. The molecule has 1 aliphatic rings. The summed E-state index contributed by atoms with van der Waals surface area (Å²) >= 11 is 0. The monoisotopic (exact) mass is 416 g/mol. The van der Waals surface area contributed by atoms with E-state index >= 15 is 0 Å². The number of para-hydroxylation sites is 1. The van der Waals surface area contributed by atoms with Gasteiger partial charge in [0.25, 0.3) is 5.91 Å². The highest BCUT2D eigenvalue weighted by Crippen LogP contribution is 2.30. The Bertz CT molecular complexity index is 1100. The molecule has 1 amide bonds. The molecule has 160 valence electrons. The molecule has 1 aliphatic heterocycles. The number of piperidine rings is 1. The summed E-state index contributed by atoms with van der Waals surface area (Å²) < 4.78 is 5.56. The van der Waals surface area contributed by atoms with E-state index in [1.165, 1.54) is 0 Å². The SMILES string of the molecule is Cc1c(-c2ccccc2)nc2ccccc2c1C(=O)OCC(=O)N1C(C)CCCC1C. The number of esters is 1. The lowest BCUT2D eigenvalue weighted by molar-refractivity contribution is -0.140. The van der Waals surface area contributed by atoms with Crippen molar-refractivity contribution in [3.63, 3.8) is 0 Å². The number of aromatic nitrogens is 1. The first-order valence-electron chi connectivity index (χ1n) is 10.9. The topological polar surface area (TPSA) is 59.5 Å². The van der Waals surface area contributed by atoms with Crippen LogP contribution in [0.5, 0.6) is 0 Å². The predicted molar refractivity (Wildman–Crippen MR) is 122 cm³/mol. The summed E-state index contributed by atoms with van der Waals surface area (Å²) in [5.74, 6) is -0.619. The number of hydrogen-bond acceptors (Lipinski definition) is 4. The smallest absolute Gasteiger partial charge is 0.339 e. The van der Waals surface area contributed by atoms with Crippen molar-refractivity contribution in [3.05, 3.63) is 65.7 Å². The predicted octanol–water partition coefficient (Wildman–Crippen LogP) is 5.16. The number of likely N-dealkylation sites (tertiary alicyclic amines) is 1. The van der Waals surface area contributed by atoms with Gasteiger partial charge in [0.05, 0.1) is 16.8 Å². The summed E-state index contributed by atoms with van der Waals surface area (Å²) in [7, 11) is 0. The Morgan fingerprint density at radius 1 is 1.00 bits per heavy atom. The molecule has 0 spiro atoms. The maximum atomic E-state index is 13.2. The fraction of sp³-hybridized carbons (Fsp3) is 0.346. The van der Waals surface area contributed by atoms with E-state index in [4.69, 9.17) is 9.72 Å². The van der Waals surface area contributed by atoms with E-state index in [9.17, 15) is 9.59 Å². The summed E-state index contributed by atoms with van der Waals surface area (Å²) in [6, 6.07) is 17.7. The molecule has 0 bridgehead atoms. The Morgan fingerprint density at radius 2 is 1.65 bits per heavy atom. The number of hydrogen-bond donors (Lipinski definition) is 0. The number of nitrogens with zero attached hydrogens (tertiary/aromatic N) is 2. The zero-order chi connectivity index (χ0) is 22.0. The van der Waals surface area contributed by atoms with Crippen LogP contribution in [0.4, 0.5) is 0 Å². The van der Waals surface area contributed by atoms with Crippen molar-refractivity contribution in [1.82, 2.24) is 9.88 Å². The van der Waals surface area contributed by atoms with Crippen LogP contribution in [-0.2, 0) is 9.53 Å². The van der Waals surface area contributed by atoms with Crippen LogP contribution >= 0.6 is 0 Å². The van der Waals surface area contributed by atoms with E-state index in [1.54, 1.807) is 0 Å². The lowest BCUT2D eigenvalue weighted by Gasteiger charge is -2.38. The van der Waals surface area contributed by atoms with Crippen molar-refractivity contribution in [2.75, 3.05) is 6.61 Å². The van der Waals surface area contributed by atoms with Crippen molar-refractivity contribution < 1.29 is 14.3 Å². The third kappa shape index (κ3) is 4.18. The molecule has 5 nitrogen and oxygen atoms in total. The highest BCUT2D eigenvalue weighted by Gasteiger charge is 2.30. The molecule has 2 aromatic carbocycles. The molecule has 31 heavy (non-hydrogen) atoms. The minimum Gasteiger partial charge on any atom is -0.452 e. The second-order valence-electron chi connectivity index (χ2n) is 8.35. The van der Waals surface area contributed by atoms with Gasteiger partial charge in [-0.2, -0.15) is 0 Å². The Balaban J connectivity index is 1.64. The molecule has 1 aromatic heterocycles. The summed E-state index contributed by atoms with van der Waals surface area (Å²) in [6.07, 6.45) is 3.09. The molecule has 0 aliphatic carbocycles. The lowest BCUT2D eigenvalue weighted by atomic mass is 9.97. The molecule has 0 N–H and O–H groups in total. The van der Waals surface area contributed by atoms with Crippen LogP contribution in [0.25, 0.3) is 22.2 Å². The molecule has 5 heteroatoms. The fourth-order valence-corrected chi connectivity index (χ4v) is 4.63. The van der Waals surface area contributed by atoms with Gasteiger partial charge in [0.1, 0.15) is 0 Å². The van der Waals surface area contributed by atoms with Crippen molar-refractivity contribution in [1.29, 1.82) is 0 Å². The maximum absolute atomic E-state index is 13.2. The first kappa shape index (κ1) is 21.0. The van der Waals surface area contributed by atoms with E-state index in [0.717, 1.165) is 47.0 Å². The molecule has 2 atom stereocenters. The Hall–Kier alpha value is -3.21. The van der Waals surface area contributed by atoms with Gasteiger partial charge in [-0.3, -0.25) is 4.79 Å². The number of carbonyl (C=O) groups excluding carboxylic acids is 2. The van der Waals surface area contributed by atoms with Gasteiger partial charge in [0.2, 0.25) is 0 Å². The van der Waals surface area contributed by atoms with Gasteiger partial charge in [0.15, 0.2) is 6.61 Å². The molecule has 4 rings (SSSR count). The average Bonchev–Trinajstić information content (AvgIpc) is 2.77. The van der Waals surface area contributed by atoms with E-state index in [2.05, 4.69) is 13.8 Å². The van der Waals surface area contributed by atoms with Crippen LogP contribution in [0.2, 0.25) is 0 Å². The number of ether oxygens (including phenoxy) is 1. The Kier molecular flexibility index (Phi) is 6.03. The van der Waals surface area contributed by atoms with Gasteiger partial charge in [-0.05, 0) is 51.7 Å². The lowest BCUT2D eigenvalue weighted by Crippen LogP contribution is -2.49. The van der Waals surface area contributed by atoms with Gasteiger partial charge >= 0.3 is 5.97 Å². The van der Waals surface area contributed by atoms with Crippen LogP contribution in [0.15, 0.2) is 54.6 Å². The molecule has 3 aromatic rings. The van der Waals surface area contributed by atoms with Crippen LogP contribution in [0.3, 0.4) is 0 Å². The Labute approximate surface area is 183 Å². The second-order valence-corrected chi connectivity index (χ2v) is 8.35. The minimum absolute atomic E-state index is 0.132. The fourth-order valence-electron chi connectivity index (χ4n) is 4.63. The van der Waals surface area contributed by atoms with Gasteiger partial charge < -0.3 is 9.64 Å². The number of pyridine rings is 1. The second kappa shape index (κ2) is 8.88. The van der Waals surface area contributed by atoms with Crippen molar-refractivity contribution >= 4 is 22.8 Å². The molecule has 1 saturated heterocycles. The summed E-state index contributed by atoms with van der Waals surface area (Å²) in [5, 5.41) is 0.733. The van der Waals surface area contributed by atoms with Crippen molar-refractivity contribution in [3.8, 4) is 11.3 Å². The molecular formula is C26H28N2O3. The van der Waals surface area contributed by atoms with Gasteiger partial charge in [-0.1, -0.05) is 48.5 Å². The van der Waals surface area contributed by atoms with Gasteiger partial charge in [0, 0.05) is 23.0 Å². The Morgan fingerprint density at radius 3 is 2.35 bits per heavy atom. The largest absolute Gasteiger partial charge is 0.452 e. The van der Waals surface area contributed by atoms with Crippen LogP contribution < -0.4 is 0 Å². The molecule has 1 fully saturated rings. The number of fused-ring (bicyclic) bond motifs is 1. The first-order valence-corrected chi connectivity index (χ1v) is 10.9. The van der Waals surface area contributed by atoms with Crippen LogP contribution in [0, 0.1) is 6.92 Å². The van der Waals surface area contributed by atoms with Crippen LogP contribution in [0.1, 0.15) is 49.0 Å². The molecule has 0 radical (unpaired) electrons. The number of carbonyl (C=O) groups is 2.